The SMILES string of the molecule is Cc1ccc(S(=O)(=O)N[C@H](Cc2ccccc2)C(=O)NCc2cccc(-c3ccc([C@H]4O[C@@H](CN5CCCCC5)[C@@H](C)[C@@H](c5ccc(CO)cc5)O4)cc3)c2)cc1. The quantitative estimate of drug-likeness (QED) is 0.106. The van der Waals surface area contributed by atoms with Crippen LogP contribution in [0.1, 0.15) is 72.0 Å². The first-order valence-electron chi connectivity index (χ1n) is 20.0. The van der Waals surface area contributed by atoms with Gasteiger partial charge < -0.3 is 24.8 Å². The van der Waals surface area contributed by atoms with Gasteiger partial charge in [0.25, 0.3) is 0 Å². The first kappa shape index (κ1) is 40.5. The molecule has 2 saturated heterocycles. The van der Waals surface area contributed by atoms with E-state index < -0.39 is 28.3 Å². The van der Waals surface area contributed by atoms with Crippen molar-refractivity contribution in [2.24, 2.45) is 5.92 Å². The van der Waals surface area contributed by atoms with Gasteiger partial charge in [-0.3, -0.25) is 4.79 Å². The third kappa shape index (κ3) is 10.4. The number of piperidine rings is 1. The summed E-state index contributed by atoms with van der Waals surface area (Å²) in [5.41, 5.74) is 7.55. The highest BCUT2D eigenvalue weighted by Crippen LogP contribution is 2.42. The summed E-state index contributed by atoms with van der Waals surface area (Å²) in [6.45, 7) is 7.37. The molecule has 2 fully saturated rings. The lowest BCUT2D eigenvalue weighted by Crippen LogP contribution is -2.47. The molecule has 2 heterocycles. The number of nitrogens with one attached hydrogen (secondary N) is 2. The molecule has 0 radical (unpaired) electrons. The Labute approximate surface area is 337 Å². The highest BCUT2D eigenvalue weighted by Gasteiger charge is 2.39. The van der Waals surface area contributed by atoms with Crippen LogP contribution in [0.15, 0.2) is 132 Å². The Hall–Kier alpha value is -4.68. The molecule has 0 unspecified atom stereocenters. The van der Waals surface area contributed by atoms with Gasteiger partial charge >= 0.3 is 0 Å². The lowest BCUT2D eigenvalue weighted by atomic mass is 9.89. The van der Waals surface area contributed by atoms with Gasteiger partial charge in [0.15, 0.2) is 6.29 Å². The fourth-order valence-electron chi connectivity index (χ4n) is 7.74. The van der Waals surface area contributed by atoms with Crippen molar-refractivity contribution in [1.82, 2.24) is 14.9 Å². The minimum absolute atomic E-state index is 0.00266. The van der Waals surface area contributed by atoms with Gasteiger partial charge in [-0.2, -0.15) is 4.72 Å². The van der Waals surface area contributed by atoms with Crippen LogP contribution < -0.4 is 10.0 Å². The number of rotatable bonds is 14. The predicted octanol–water partition coefficient (Wildman–Crippen LogP) is 7.64. The topological polar surface area (TPSA) is 117 Å². The number of nitrogens with zero attached hydrogens (tertiary/aromatic N) is 1. The minimum Gasteiger partial charge on any atom is -0.392 e. The molecule has 1 amide bonds. The number of aryl methyl sites for hydroxylation is 1. The molecule has 5 aromatic carbocycles. The monoisotopic (exact) mass is 787 g/mol. The number of aliphatic hydroxyl groups is 1. The average molecular weight is 788 g/mol. The maximum Gasteiger partial charge on any atom is 0.241 e. The molecular formula is C47H53N3O6S. The van der Waals surface area contributed by atoms with E-state index in [4.69, 9.17) is 9.47 Å². The predicted molar refractivity (Wildman–Crippen MR) is 222 cm³/mol. The highest BCUT2D eigenvalue weighted by atomic mass is 32.2. The third-order valence-electron chi connectivity index (χ3n) is 11.1. The van der Waals surface area contributed by atoms with Crippen molar-refractivity contribution in [2.45, 2.75) is 82.1 Å². The van der Waals surface area contributed by atoms with Gasteiger partial charge in [0.1, 0.15) is 6.04 Å². The number of hydrogen-bond donors (Lipinski definition) is 3. The standard InChI is InChI=1S/C47H53N3O6S/c1-33-14-24-42(25-15-33)57(53,54)49-43(29-35-10-5-3-6-11-35)46(52)48-30-37-12-9-13-41(28-37)38-20-22-40(23-21-38)47-55-44(31-50-26-7-4-8-27-50)34(2)45(56-47)39-18-16-36(32-51)17-19-39/h3,5-6,9-25,28,34,43-45,47,49,51H,4,7-8,26-27,29-32H2,1-2H3,(H,48,52)/t34-,43-,44+,45+,47+/m1/s1. The first-order valence-corrected chi connectivity index (χ1v) is 21.5. The molecule has 0 bridgehead atoms. The van der Waals surface area contributed by atoms with Crippen molar-refractivity contribution in [3.63, 3.8) is 0 Å². The number of likely N-dealkylation sites (tertiary alicyclic amines) is 1. The molecule has 57 heavy (non-hydrogen) atoms. The van der Waals surface area contributed by atoms with Gasteiger partial charge in [-0.15, -0.1) is 0 Å². The molecule has 0 saturated carbocycles. The van der Waals surface area contributed by atoms with Gasteiger partial charge in [0, 0.05) is 24.6 Å². The van der Waals surface area contributed by atoms with Crippen LogP contribution in [0.3, 0.4) is 0 Å². The van der Waals surface area contributed by atoms with Crippen LogP contribution in [0, 0.1) is 12.8 Å². The number of sulfonamides is 1. The Morgan fingerprint density at radius 2 is 1.46 bits per heavy atom. The zero-order valence-corrected chi connectivity index (χ0v) is 33.5. The van der Waals surface area contributed by atoms with Crippen molar-refractivity contribution in [1.29, 1.82) is 0 Å². The minimum atomic E-state index is -3.95. The molecule has 3 N–H and O–H groups in total. The number of carbonyl (C=O) groups is 1. The van der Waals surface area contributed by atoms with Crippen molar-refractivity contribution < 1.29 is 27.8 Å². The van der Waals surface area contributed by atoms with Crippen LogP contribution in [0.4, 0.5) is 0 Å². The van der Waals surface area contributed by atoms with E-state index in [1.807, 2.05) is 73.7 Å². The van der Waals surface area contributed by atoms with Crippen molar-refractivity contribution in [2.75, 3.05) is 19.6 Å². The highest BCUT2D eigenvalue weighted by molar-refractivity contribution is 7.89. The van der Waals surface area contributed by atoms with Crippen LogP contribution in [-0.2, 0) is 43.9 Å². The van der Waals surface area contributed by atoms with Gasteiger partial charge in [-0.1, -0.05) is 128 Å². The van der Waals surface area contributed by atoms with Gasteiger partial charge in [0.05, 0.1) is 23.7 Å². The zero-order chi connectivity index (χ0) is 39.8. The Kier molecular flexibility index (Phi) is 13.3. The number of hydrogen-bond acceptors (Lipinski definition) is 7. The molecule has 0 spiro atoms. The average Bonchev–Trinajstić information content (AvgIpc) is 3.24. The molecule has 9 nitrogen and oxygen atoms in total. The van der Waals surface area contributed by atoms with E-state index in [9.17, 15) is 18.3 Å². The number of aliphatic hydroxyl groups excluding tert-OH is 1. The second-order valence-corrected chi connectivity index (χ2v) is 17.1. The molecule has 7 rings (SSSR count). The Morgan fingerprint density at radius 3 is 2.16 bits per heavy atom. The molecule has 0 aromatic heterocycles. The number of carbonyl (C=O) groups excluding carboxylic acids is 1. The van der Waals surface area contributed by atoms with Crippen LogP contribution in [-0.4, -0.2) is 56.1 Å². The lowest BCUT2D eigenvalue weighted by Gasteiger charge is -2.43. The van der Waals surface area contributed by atoms with E-state index in [1.165, 1.54) is 19.3 Å². The fraction of sp³-hybridized carbons (Fsp3) is 0.340. The van der Waals surface area contributed by atoms with E-state index >= 15 is 0 Å². The summed E-state index contributed by atoms with van der Waals surface area (Å²) < 4.78 is 42.8. The maximum absolute atomic E-state index is 13.6. The van der Waals surface area contributed by atoms with Gasteiger partial charge in [-0.25, -0.2) is 8.42 Å². The van der Waals surface area contributed by atoms with Crippen molar-refractivity contribution in [3.8, 4) is 11.1 Å². The lowest BCUT2D eigenvalue weighted by molar-refractivity contribution is -0.276. The second kappa shape index (κ2) is 18.7. The van der Waals surface area contributed by atoms with E-state index in [0.29, 0.717) is 0 Å². The van der Waals surface area contributed by atoms with Crippen LogP contribution in [0.25, 0.3) is 11.1 Å². The number of benzene rings is 5. The zero-order valence-electron chi connectivity index (χ0n) is 32.7. The summed E-state index contributed by atoms with van der Waals surface area (Å²) in [6, 6.07) is 39.2. The summed E-state index contributed by atoms with van der Waals surface area (Å²) in [7, 11) is -3.95. The van der Waals surface area contributed by atoms with E-state index in [1.54, 1.807) is 24.3 Å². The van der Waals surface area contributed by atoms with Crippen LogP contribution >= 0.6 is 0 Å². The molecule has 2 aliphatic heterocycles. The van der Waals surface area contributed by atoms with Gasteiger partial charge in [-0.05, 0) is 90.9 Å². The molecule has 5 aromatic rings. The van der Waals surface area contributed by atoms with Crippen LogP contribution in [0.2, 0.25) is 0 Å². The van der Waals surface area contributed by atoms with E-state index in [0.717, 1.165) is 64.1 Å². The van der Waals surface area contributed by atoms with Gasteiger partial charge in [0.2, 0.25) is 15.9 Å². The van der Waals surface area contributed by atoms with Crippen molar-refractivity contribution in [3.05, 3.63) is 161 Å². The summed E-state index contributed by atoms with van der Waals surface area (Å²) in [5, 5.41) is 12.6. The smallest absolute Gasteiger partial charge is 0.241 e. The first-order chi connectivity index (χ1) is 27.6. The third-order valence-corrected chi connectivity index (χ3v) is 12.6. The van der Waals surface area contributed by atoms with Crippen molar-refractivity contribution >= 4 is 15.9 Å². The second-order valence-electron chi connectivity index (χ2n) is 15.4. The van der Waals surface area contributed by atoms with Crippen LogP contribution in [0.5, 0.6) is 0 Å². The summed E-state index contributed by atoms with van der Waals surface area (Å²) in [6.07, 6.45) is 3.19. The molecule has 10 heteroatoms. The number of ether oxygens (including phenoxy) is 2. The van der Waals surface area contributed by atoms with E-state index in [-0.39, 0.29) is 42.6 Å². The molecule has 0 aliphatic carbocycles. The molecule has 5 atom stereocenters. The largest absolute Gasteiger partial charge is 0.392 e. The summed E-state index contributed by atoms with van der Waals surface area (Å²) in [4.78, 5) is 16.3. The summed E-state index contributed by atoms with van der Waals surface area (Å²) >= 11 is 0. The molecule has 2 aliphatic rings. The van der Waals surface area contributed by atoms with E-state index in [2.05, 4.69) is 58.3 Å². The molecule has 298 valence electrons. The fourth-order valence-corrected chi connectivity index (χ4v) is 8.94. The normalized spacial score (nSPS) is 20.8. The maximum atomic E-state index is 13.6. The molecular weight excluding hydrogens is 735 g/mol. The Morgan fingerprint density at radius 1 is 0.772 bits per heavy atom. The Bertz CT molecular complexity index is 2170. The number of amides is 1. The summed E-state index contributed by atoms with van der Waals surface area (Å²) in [5.74, 6) is -0.278. The Balaban J connectivity index is 1.04.